The standard InChI is InChI=1S/C20H28N2O3/c1-24-17-9-6-10-18(25-2)19(17)20(23)22-13-11-21(12-14-22)15-16-7-4-3-5-8-16/h3-4,6,9-10,16H,5,7-8,11-15H2,1-2H3. The first-order chi connectivity index (χ1) is 12.2. The third-order valence-corrected chi connectivity index (χ3v) is 5.20. The van der Waals surface area contributed by atoms with E-state index in [0.717, 1.165) is 38.6 Å². The molecule has 1 aromatic rings. The summed E-state index contributed by atoms with van der Waals surface area (Å²) in [6, 6.07) is 5.45. The smallest absolute Gasteiger partial charge is 0.261 e. The van der Waals surface area contributed by atoms with Gasteiger partial charge in [0, 0.05) is 32.7 Å². The lowest BCUT2D eigenvalue weighted by Crippen LogP contribution is -2.49. The summed E-state index contributed by atoms with van der Waals surface area (Å²) in [5.74, 6) is 1.90. The van der Waals surface area contributed by atoms with Crippen LogP contribution in [0.5, 0.6) is 11.5 Å². The van der Waals surface area contributed by atoms with E-state index in [1.54, 1.807) is 14.2 Å². The van der Waals surface area contributed by atoms with Gasteiger partial charge in [0.1, 0.15) is 17.1 Å². The van der Waals surface area contributed by atoms with Crippen molar-refractivity contribution in [1.29, 1.82) is 0 Å². The van der Waals surface area contributed by atoms with E-state index in [-0.39, 0.29) is 5.91 Å². The molecule has 5 nitrogen and oxygen atoms in total. The Balaban J connectivity index is 1.61. The number of carbonyl (C=O) groups is 1. The van der Waals surface area contributed by atoms with Crippen LogP contribution in [0, 0.1) is 5.92 Å². The molecule has 1 atom stereocenters. The minimum atomic E-state index is -0.00505. The first kappa shape index (κ1) is 17.8. The Kier molecular flexibility index (Phi) is 5.97. The zero-order valence-corrected chi connectivity index (χ0v) is 15.2. The van der Waals surface area contributed by atoms with Crippen molar-refractivity contribution in [2.75, 3.05) is 46.9 Å². The second-order valence-electron chi connectivity index (χ2n) is 6.78. The van der Waals surface area contributed by atoms with Crippen LogP contribution in [0.1, 0.15) is 29.6 Å². The van der Waals surface area contributed by atoms with Gasteiger partial charge in [-0.05, 0) is 37.3 Å². The highest BCUT2D eigenvalue weighted by Gasteiger charge is 2.27. The van der Waals surface area contributed by atoms with Crippen molar-refractivity contribution in [3.05, 3.63) is 35.9 Å². The average Bonchev–Trinajstić information content (AvgIpc) is 2.68. The molecule has 2 aliphatic rings. The molecule has 1 unspecified atom stereocenters. The first-order valence-electron chi connectivity index (χ1n) is 9.10. The zero-order chi connectivity index (χ0) is 17.6. The van der Waals surface area contributed by atoms with Gasteiger partial charge in [-0.25, -0.2) is 0 Å². The number of nitrogens with zero attached hydrogens (tertiary/aromatic N) is 2. The summed E-state index contributed by atoms with van der Waals surface area (Å²) < 4.78 is 10.8. The monoisotopic (exact) mass is 344 g/mol. The molecule has 3 rings (SSSR count). The first-order valence-corrected chi connectivity index (χ1v) is 9.10. The Bertz CT molecular complexity index is 599. The van der Waals surface area contributed by atoms with Crippen LogP contribution in [-0.4, -0.2) is 62.7 Å². The highest BCUT2D eigenvalue weighted by atomic mass is 16.5. The molecule has 0 radical (unpaired) electrons. The fourth-order valence-electron chi connectivity index (χ4n) is 3.74. The number of hydrogen-bond donors (Lipinski definition) is 0. The van der Waals surface area contributed by atoms with E-state index < -0.39 is 0 Å². The van der Waals surface area contributed by atoms with Crippen LogP contribution in [0.25, 0.3) is 0 Å². The number of rotatable bonds is 5. The second kappa shape index (κ2) is 8.39. The quantitative estimate of drug-likeness (QED) is 0.771. The number of carbonyl (C=O) groups excluding carboxylic acids is 1. The Morgan fingerprint density at radius 2 is 1.76 bits per heavy atom. The summed E-state index contributed by atoms with van der Waals surface area (Å²) in [6.45, 7) is 4.52. The van der Waals surface area contributed by atoms with Crippen LogP contribution in [0.3, 0.4) is 0 Å². The van der Waals surface area contributed by atoms with Gasteiger partial charge in [-0.2, -0.15) is 0 Å². The minimum Gasteiger partial charge on any atom is -0.496 e. The summed E-state index contributed by atoms with van der Waals surface area (Å²) >= 11 is 0. The van der Waals surface area contributed by atoms with Gasteiger partial charge in [-0.3, -0.25) is 9.69 Å². The molecule has 1 fully saturated rings. The maximum Gasteiger partial charge on any atom is 0.261 e. The summed E-state index contributed by atoms with van der Waals surface area (Å²) in [5, 5.41) is 0. The van der Waals surface area contributed by atoms with E-state index in [0.29, 0.717) is 17.1 Å². The predicted molar refractivity (Wildman–Crippen MR) is 98.4 cm³/mol. The van der Waals surface area contributed by atoms with Crippen LogP contribution >= 0.6 is 0 Å². The summed E-state index contributed by atoms with van der Waals surface area (Å²) in [7, 11) is 3.17. The highest BCUT2D eigenvalue weighted by Crippen LogP contribution is 2.30. The molecule has 0 aromatic heterocycles. The topological polar surface area (TPSA) is 42.0 Å². The molecule has 1 heterocycles. The predicted octanol–water partition coefficient (Wildman–Crippen LogP) is 2.82. The lowest BCUT2D eigenvalue weighted by molar-refractivity contribution is 0.0608. The normalized spacial score (nSPS) is 21.2. The summed E-state index contributed by atoms with van der Waals surface area (Å²) in [6.07, 6.45) is 8.28. The van der Waals surface area contributed by atoms with Gasteiger partial charge in [-0.1, -0.05) is 18.2 Å². The second-order valence-corrected chi connectivity index (χ2v) is 6.78. The fraction of sp³-hybridized carbons (Fsp3) is 0.550. The van der Waals surface area contributed by atoms with Gasteiger partial charge in [-0.15, -0.1) is 0 Å². The molecule has 1 aliphatic carbocycles. The van der Waals surface area contributed by atoms with E-state index in [9.17, 15) is 4.79 Å². The number of hydrogen-bond acceptors (Lipinski definition) is 4. The van der Waals surface area contributed by atoms with Gasteiger partial charge in [0.05, 0.1) is 14.2 Å². The number of ether oxygens (including phenoxy) is 2. The molecule has 1 aromatic carbocycles. The SMILES string of the molecule is COc1cccc(OC)c1C(=O)N1CCN(CC2CC=CCC2)CC1. The van der Waals surface area contributed by atoms with Crippen molar-refractivity contribution >= 4 is 5.91 Å². The Hall–Kier alpha value is -2.01. The molecule has 0 bridgehead atoms. The van der Waals surface area contributed by atoms with Gasteiger partial charge >= 0.3 is 0 Å². The van der Waals surface area contributed by atoms with Crippen molar-refractivity contribution in [3.8, 4) is 11.5 Å². The molecule has 1 saturated heterocycles. The Morgan fingerprint density at radius 1 is 1.08 bits per heavy atom. The van der Waals surface area contributed by atoms with E-state index in [2.05, 4.69) is 17.1 Å². The van der Waals surface area contributed by atoms with Gasteiger partial charge in [0.15, 0.2) is 0 Å². The van der Waals surface area contributed by atoms with Crippen molar-refractivity contribution < 1.29 is 14.3 Å². The number of piperazine rings is 1. The third-order valence-electron chi connectivity index (χ3n) is 5.20. The molecule has 0 spiro atoms. The maximum atomic E-state index is 13.0. The van der Waals surface area contributed by atoms with Crippen molar-refractivity contribution in [1.82, 2.24) is 9.80 Å². The fourth-order valence-corrected chi connectivity index (χ4v) is 3.74. The maximum absolute atomic E-state index is 13.0. The van der Waals surface area contributed by atoms with Crippen LogP contribution in [-0.2, 0) is 0 Å². The highest BCUT2D eigenvalue weighted by molar-refractivity contribution is 5.99. The summed E-state index contributed by atoms with van der Waals surface area (Å²) in [5.41, 5.74) is 0.526. The van der Waals surface area contributed by atoms with E-state index in [1.807, 2.05) is 23.1 Å². The summed E-state index contributed by atoms with van der Waals surface area (Å²) in [4.78, 5) is 17.4. The van der Waals surface area contributed by atoms with Gasteiger partial charge in [0.25, 0.3) is 5.91 Å². The molecule has 5 heteroatoms. The molecule has 0 saturated carbocycles. The lowest BCUT2D eigenvalue weighted by atomic mass is 9.94. The molecule has 1 aliphatic heterocycles. The third kappa shape index (κ3) is 4.15. The molecule has 136 valence electrons. The van der Waals surface area contributed by atoms with Crippen molar-refractivity contribution in [2.45, 2.75) is 19.3 Å². The van der Waals surface area contributed by atoms with Crippen LogP contribution in [0.15, 0.2) is 30.4 Å². The van der Waals surface area contributed by atoms with Crippen LogP contribution < -0.4 is 9.47 Å². The molecule has 1 amide bonds. The molecular weight excluding hydrogens is 316 g/mol. The average molecular weight is 344 g/mol. The number of allylic oxidation sites excluding steroid dienone is 2. The lowest BCUT2D eigenvalue weighted by Gasteiger charge is -2.37. The van der Waals surface area contributed by atoms with Gasteiger partial charge < -0.3 is 14.4 Å². The van der Waals surface area contributed by atoms with E-state index in [4.69, 9.17) is 9.47 Å². The van der Waals surface area contributed by atoms with Crippen molar-refractivity contribution in [3.63, 3.8) is 0 Å². The van der Waals surface area contributed by atoms with E-state index >= 15 is 0 Å². The van der Waals surface area contributed by atoms with Gasteiger partial charge in [0.2, 0.25) is 0 Å². The number of methoxy groups -OCH3 is 2. The number of benzene rings is 1. The minimum absolute atomic E-state index is 0.00505. The Morgan fingerprint density at radius 3 is 2.32 bits per heavy atom. The zero-order valence-electron chi connectivity index (χ0n) is 15.2. The van der Waals surface area contributed by atoms with Crippen LogP contribution in [0.2, 0.25) is 0 Å². The molecular formula is C20H28N2O3. The molecule has 25 heavy (non-hydrogen) atoms. The largest absolute Gasteiger partial charge is 0.496 e. The molecule has 0 N–H and O–H groups in total. The van der Waals surface area contributed by atoms with Crippen molar-refractivity contribution in [2.24, 2.45) is 5.92 Å². The van der Waals surface area contributed by atoms with E-state index in [1.165, 1.54) is 19.3 Å². The number of amides is 1. The van der Waals surface area contributed by atoms with Crippen LogP contribution in [0.4, 0.5) is 0 Å². The Labute approximate surface area is 150 Å².